The highest BCUT2D eigenvalue weighted by molar-refractivity contribution is 7.22. The summed E-state index contributed by atoms with van der Waals surface area (Å²) in [7, 11) is 0. The largest absolute Gasteiger partial charge is 0.375 e. The van der Waals surface area contributed by atoms with Crippen LogP contribution in [0.4, 0.5) is 5.13 Å². The highest BCUT2D eigenvalue weighted by Gasteiger charge is 2.23. The van der Waals surface area contributed by atoms with Crippen LogP contribution in [-0.2, 0) is 0 Å². The number of aromatic nitrogens is 1. The molecule has 3 aromatic heterocycles. The van der Waals surface area contributed by atoms with Crippen LogP contribution in [0.5, 0.6) is 0 Å². The maximum Gasteiger partial charge on any atom is 0.181 e. The third-order valence-electron chi connectivity index (χ3n) is 4.65. The van der Waals surface area contributed by atoms with Crippen LogP contribution in [0.25, 0.3) is 41.9 Å². The van der Waals surface area contributed by atoms with E-state index in [4.69, 9.17) is 10.7 Å². The molecule has 2 aromatic carbocycles. The zero-order valence-electron chi connectivity index (χ0n) is 14.4. The molecule has 0 amide bonds. The van der Waals surface area contributed by atoms with Gasteiger partial charge < -0.3 is 5.73 Å². The molecule has 0 saturated carbocycles. The molecule has 0 bridgehead atoms. The van der Waals surface area contributed by atoms with Gasteiger partial charge in [-0.25, -0.2) is 4.98 Å². The second-order valence-electron chi connectivity index (χ2n) is 6.29. The molecular weight excluding hydrogens is 376 g/mol. The van der Waals surface area contributed by atoms with Gasteiger partial charge in [0.05, 0.1) is 10.6 Å². The zero-order valence-corrected chi connectivity index (χ0v) is 16.8. The van der Waals surface area contributed by atoms with Crippen molar-refractivity contribution in [3.05, 3.63) is 58.3 Å². The minimum absolute atomic E-state index is 0.624. The number of hydrogen-bond donors (Lipinski definition) is 1. The molecule has 128 valence electrons. The van der Waals surface area contributed by atoms with Gasteiger partial charge in [0.2, 0.25) is 0 Å². The maximum atomic E-state index is 6.19. The first-order valence-electron chi connectivity index (χ1n) is 8.37. The van der Waals surface area contributed by atoms with Crippen molar-refractivity contribution in [3.8, 4) is 21.7 Å². The van der Waals surface area contributed by atoms with E-state index >= 15 is 0 Å². The highest BCUT2D eigenvalue weighted by atomic mass is 32.1. The molecule has 26 heavy (non-hydrogen) atoms. The van der Waals surface area contributed by atoms with Crippen molar-refractivity contribution < 1.29 is 0 Å². The number of anilines is 1. The van der Waals surface area contributed by atoms with Crippen molar-refractivity contribution in [1.29, 1.82) is 0 Å². The molecule has 5 aromatic rings. The van der Waals surface area contributed by atoms with E-state index in [1.165, 1.54) is 45.9 Å². The minimum Gasteiger partial charge on any atom is -0.375 e. The van der Waals surface area contributed by atoms with Gasteiger partial charge in [-0.3, -0.25) is 0 Å². The third-order valence-corrected chi connectivity index (χ3v) is 7.73. The second kappa shape index (κ2) is 5.91. The van der Waals surface area contributed by atoms with Crippen molar-refractivity contribution in [1.82, 2.24) is 4.98 Å². The van der Waals surface area contributed by atoms with E-state index in [0.29, 0.717) is 5.13 Å². The number of benzene rings is 2. The molecule has 2 nitrogen and oxygen atoms in total. The Balaban J connectivity index is 1.86. The molecule has 3 heterocycles. The Morgan fingerprint density at radius 2 is 1.27 bits per heavy atom. The second-order valence-corrected chi connectivity index (χ2v) is 9.83. The molecule has 0 saturated heterocycles. The first kappa shape index (κ1) is 16.0. The first-order chi connectivity index (χ1) is 12.6. The molecule has 0 aliphatic heterocycles. The highest BCUT2D eigenvalue weighted by Crippen LogP contribution is 2.48. The molecule has 2 N–H and O–H groups in total. The molecule has 0 unspecified atom stereocenters. The van der Waals surface area contributed by atoms with Gasteiger partial charge in [-0.1, -0.05) is 47.7 Å². The van der Waals surface area contributed by atoms with Crippen LogP contribution < -0.4 is 5.73 Å². The van der Waals surface area contributed by atoms with Crippen molar-refractivity contribution in [2.75, 3.05) is 5.73 Å². The van der Waals surface area contributed by atoms with Gasteiger partial charge in [0.25, 0.3) is 0 Å². The number of thiazole rings is 1. The molecule has 5 heteroatoms. The van der Waals surface area contributed by atoms with Crippen LogP contribution in [0.15, 0.2) is 48.5 Å². The lowest BCUT2D eigenvalue weighted by atomic mass is 10.0. The topological polar surface area (TPSA) is 38.9 Å². The maximum absolute atomic E-state index is 6.19. The third kappa shape index (κ3) is 2.31. The zero-order chi connectivity index (χ0) is 17.8. The Labute approximate surface area is 163 Å². The van der Waals surface area contributed by atoms with Crippen LogP contribution in [0.2, 0.25) is 0 Å². The Hall–Kier alpha value is -2.21. The van der Waals surface area contributed by atoms with Crippen molar-refractivity contribution in [2.24, 2.45) is 0 Å². The minimum atomic E-state index is 0.624. The molecule has 5 rings (SSSR count). The summed E-state index contributed by atoms with van der Waals surface area (Å²) in [4.78, 5) is 8.56. The fourth-order valence-corrected chi connectivity index (χ4v) is 6.74. The Kier molecular flexibility index (Phi) is 3.64. The lowest BCUT2D eigenvalue weighted by Gasteiger charge is -2.04. The quantitative estimate of drug-likeness (QED) is 0.348. The van der Waals surface area contributed by atoms with E-state index in [1.807, 2.05) is 22.7 Å². The summed E-state index contributed by atoms with van der Waals surface area (Å²) in [5.74, 6) is 0. The van der Waals surface area contributed by atoms with E-state index in [2.05, 4.69) is 62.4 Å². The Morgan fingerprint density at radius 3 is 1.92 bits per heavy atom. The van der Waals surface area contributed by atoms with E-state index in [9.17, 15) is 0 Å². The molecule has 0 aliphatic rings. The van der Waals surface area contributed by atoms with Crippen LogP contribution in [-0.4, -0.2) is 4.98 Å². The SMILES string of the molecule is Cc1sc2ccccc2c1-c1nc(N)sc1-c1c(C)sc2ccccc12. The van der Waals surface area contributed by atoms with Crippen molar-refractivity contribution in [2.45, 2.75) is 13.8 Å². The van der Waals surface area contributed by atoms with Crippen molar-refractivity contribution >= 4 is 59.3 Å². The molecule has 0 spiro atoms. The Bertz CT molecular complexity index is 1180. The van der Waals surface area contributed by atoms with Crippen LogP contribution in [0.3, 0.4) is 0 Å². The van der Waals surface area contributed by atoms with Crippen molar-refractivity contribution in [3.63, 3.8) is 0 Å². The van der Waals surface area contributed by atoms with E-state index in [0.717, 1.165) is 5.69 Å². The van der Waals surface area contributed by atoms with Gasteiger partial charge in [0.1, 0.15) is 0 Å². The number of nitrogens with zero attached hydrogens (tertiary/aromatic N) is 1. The van der Waals surface area contributed by atoms with E-state index < -0.39 is 0 Å². The summed E-state index contributed by atoms with van der Waals surface area (Å²) < 4.78 is 2.61. The average molecular weight is 393 g/mol. The summed E-state index contributed by atoms with van der Waals surface area (Å²) in [5, 5.41) is 3.18. The fraction of sp³-hybridized carbons (Fsp3) is 0.0952. The number of hydrogen-bond acceptors (Lipinski definition) is 5. The molecule has 0 aliphatic carbocycles. The molecule has 0 atom stereocenters. The van der Waals surface area contributed by atoms with E-state index in [-0.39, 0.29) is 0 Å². The van der Waals surface area contributed by atoms with Gasteiger partial charge >= 0.3 is 0 Å². The number of aryl methyl sites for hydroxylation is 2. The lowest BCUT2D eigenvalue weighted by Crippen LogP contribution is -1.85. The van der Waals surface area contributed by atoms with Crippen LogP contribution in [0, 0.1) is 13.8 Å². The summed E-state index contributed by atoms with van der Waals surface area (Å²) in [6.45, 7) is 4.37. The van der Waals surface area contributed by atoms with E-state index in [1.54, 1.807) is 11.3 Å². The number of thiophene rings is 2. The summed E-state index contributed by atoms with van der Waals surface area (Å²) in [5.41, 5.74) is 9.72. The van der Waals surface area contributed by atoms with Gasteiger partial charge in [0.15, 0.2) is 5.13 Å². The predicted octanol–water partition coefficient (Wildman–Crippen LogP) is 7.11. The number of rotatable bonds is 2. The molecule has 0 radical (unpaired) electrons. The summed E-state index contributed by atoms with van der Waals surface area (Å²) in [6.07, 6.45) is 0. The number of fused-ring (bicyclic) bond motifs is 2. The fourth-order valence-electron chi connectivity index (χ4n) is 3.59. The standard InChI is InChI=1S/C21H16N2S3/c1-11-17(13-7-3-5-9-15(13)24-11)19-20(26-21(22)23-19)18-12(2)25-16-10-6-4-8-14(16)18/h3-10H,1-2H3,(H2,22,23). The van der Waals surface area contributed by atoms with Gasteiger partial charge in [-0.2, -0.15) is 0 Å². The average Bonchev–Trinajstić information content (AvgIpc) is 3.25. The van der Waals surface area contributed by atoms with Crippen LogP contribution >= 0.6 is 34.0 Å². The van der Waals surface area contributed by atoms with Gasteiger partial charge in [-0.05, 0) is 26.0 Å². The number of nitrogen functional groups attached to an aromatic ring is 1. The van der Waals surface area contributed by atoms with Gasteiger partial charge in [-0.15, -0.1) is 22.7 Å². The summed E-state index contributed by atoms with van der Waals surface area (Å²) in [6, 6.07) is 17.1. The Morgan fingerprint density at radius 1 is 0.731 bits per heavy atom. The lowest BCUT2D eigenvalue weighted by molar-refractivity contribution is 1.41. The molecular formula is C21H16N2S3. The monoisotopic (exact) mass is 392 g/mol. The van der Waals surface area contributed by atoms with Gasteiger partial charge in [0, 0.05) is 41.1 Å². The number of nitrogens with two attached hydrogens (primary N) is 1. The summed E-state index contributed by atoms with van der Waals surface area (Å²) >= 11 is 5.25. The first-order valence-corrected chi connectivity index (χ1v) is 10.8. The predicted molar refractivity (Wildman–Crippen MR) is 118 cm³/mol. The van der Waals surface area contributed by atoms with Crippen LogP contribution in [0.1, 0.15) is 9.75 Å². The smallest absolute Gasteiger partial charge is 0.181 e. The molecule has 0 fully saturated rings. The normalized spacial score (nSPS) is 11.6.